The number of nitrogens with one attached hydrogen (secondary N) is 1. The number of halogens is 3. The lowest BCUT2D eigenvalue weighted by Gasteiger charge is -2.25. The van der Waals surface area contributed by atoms with E-state index in [-0.39, 0.29) is 18.0 Å². The number of ether oxygens (including phenoxy) is 1. The molecule has 34 heavy (non-hydrogen) atoms. The van der Waals surface area contributed by atoms with Crippen LogP contribution in [0.5, 0.6) is 0 Å². The molecule has 0 radical (unpaired) electrons. The number of hydrogen-bond donors (Lipinski definition) is 1. The van der Waals surface area contributed by atoms with E-state index >= 15 is 0 Å². The highest BCUT2D eigenvalue weighted by Gasteiger charge is 2.29. The average molecular weight is 473 g/mol. The first-order valence-electron chi connectivity index (χ1n) is 11.1. The fourth-order valence-corrected chi connectivity index (χ4v) is 4.03. The molecule has 0 spiro atoms. The van der Waals surface area contributed by atoms with E-state index in [9.17, 15) is 18.0 Å². The van der Waals surface area contributed by atoms with Crippen LogP contribution < -0.4 is 5.32 Å². The Morgan fingerprint density at radius 1 is 1.24 bits per heavy atom. The van der Waals surface area contributed by atoms with Crippen molar-refractivity contribution in [2.45, 2.75) is 64.5 Å². The number of alkyl carbamates (subject to hydrolysis) is 1. The maximum atomic E-state index is 13.8. The van der Waals surface area contributed by atoms with Crippen molar-refractivity contribution in [3.63, 3.8) is 0 Å². The third kappa shape index (κ3) is 5.55. The summed E-state index contributed by atoms with van der Waals surface area (Å²) in [6.45, 7) is 5.39. The predicted molar refractivity (Wildman–Crippen MR) is 118 cm³/mol. The number of amides is 1. The Labute approximate surface area is 195 Å². The summed E-state index contributed by atoms with van der Waals surface area (Å²) in [5.74, 6) is -0.189. The number of nitrogens with zero attached hydrogens (tertiary/aromatic N) is 4. The van der Waals surface area contributed by atoms with Crippen LogP contribution >= 0.6 is 0 Å². The molecule has 1 atom stereocenters. The molecule has 0 saturated heterocycles. The molecular formula is C24H26F3N5O2. The van der Waals surface area contributed by atoms with Crippen LogP contribution in [0.15, 0.2) is 36.5 Å². The molecule has 1 aliphatic carbocycles. The summed E-state index contributed by atoms with van der Waals surface area (Å²) in [5, 5.41) is 11.4. The first-order valence-corrected chi connectivity index (χ1v) is 11.1. The number of carbonyl (C=O) groups is 1. The third-order valence-electron chi connectivity index (χ3n) is 5.39. The smallest absolute Gasteiger partial charge is 0.408 e. The van der Waals surface area contributed by atoms with Crippen molar-refractivity contribution in [3.05, 3.63) is 70.4 Å². The fraction of sp³-hybridized carbons (Fsp3) is 0.417. The number of fused-ring (bicyclic) bond motifs is 1. The number of pyridine rings is 1. The first kappa shape index (κ1) is 23.7. The van der Waals surface area contributed by atoms with Crippen LogP contribution in [0.3, 0.4) is 0 Å². The molecule has 2 aromatic heterocycles. The standard InChI is InChI=1S/C24H26F3N5O2/c1-24(2,3)34-23(33)29-18-5-4-6-19-21(18)30-31-32(19)20-12-14(7-8-28-20)9-15-10-16(22(26)27)13-17(25)11-15/h7-8,10-13,18,22H,4-6,9H2,1-3H3,(H,29,33). The second-order valence-electron chi connectivity index (χ2n) is 9.32. The zero-order chi connectivity index (χ0) is 24.5. The van der Waals surface area contributed by atoms with E-state index in [1.54, 1.807) is 43.8 Å². The van der Waals surface area contributed by atoms with Gasteiger partial charge in [-0.1, -0.05) is 5.21 Å². The highest BCUT2D eigenvalue weighted by atomic mass is 19.3. The summed E-state index contributed by atoms with van der Waals surface area (Å²) >= 11 is 0. The number of alkyl halides is 2. The molecular weight excluding hydrogens is 447 g/mol. The number of carbonyl (C=O) groups excluding carboxylic acids is 1. The van der Waals surface area contributed by atoms with Gasteiger partial charge < -0.3 is 10.1 Å². The van der Waals surface area contributed by atoms with E-state index in [0.717, 1.165) is 23.7 Å². The van der Waals surface area contributed by atoms with Gasteiger partial charge in [-0.15, -0.1) is 5.10 Å². The lowest BCUT2D eigenvalue weighted by atomic mass is 9.96. The van der Waals surface area contributed by atoms with Crippen molar-refractivity contribution in [3.8, 4) is 5.82 Å². The highest BCUT2D eigenvalue weighted by molar-refractivity contribution is 5.68. The number of hydrogen-bond acceptors (Lipinski definition) is 5. The topological polar surface area (TPSA) is 81.9 Å². The number of rotatable bonds is 5. The normalized spacial score (nSPS) is 15.8. The molecule has 0 fully saturated rings. The average Bonchev–Trinajstić information content (AvgIpc) is 3.17. The van der Waals surface area contributed by atoms with Crippen LogP contribution in [-0.2, 0) is 17.6 Å². The molecule has 1 aromatic carbocycles. The Bertz CT molecular complexity index is 1190. The quantitative estimate of drug-likeness (QED) is 0.549. The van der Waals surface area contributed by atoms with Gasteiger partial charge in [0.1, 0.15) is 17.1 Å². The van der Waals surface area contributed by atoms with E-state index < -0.39 is 23.9 Å². The van der Waals surface area contributed by atoms with Gasteiger partial charge >= 0.3 is 6.09 Å². The molecule has 1 N–H and O–H groups in total. The molecule has 1 unspecified atom stereocenters. The summed E-state index contributed by atoms with van der Waals surface area (Å²) < 4.78 is 46.9. The Morgan fingerprint density at radius 3 is 2.76 bits per heavy atom. The minimum absolute atomic E-state index is 0.257. The Hall–Kier alpha value is -3.43. The minimum atomic E-state index is -2.74. The van der Waals surface area contributed by atoms with Gasteiger partial charge in [-0.3, -0.25) is 0 Å². The van der Waals surface area contributed by atoms with Crippen molar-refractivity contribution >= 4 is 6.09 Å². The predicted octanol–water partition coefficient (Wildman–Crippen LogP) is 5.23. The molecule has 1 amide bonds. The van der Waals surface area contributed by atoms with Crippen molar-refractivity contribution in [2.24, 2.45) is 0 Å². The molecule has 0 saturated carbocycles. The number of aromatic nitrogens is 4. The number of benzene rings is 1. The monoisotopic (exact) mass is 473 g/mol. The van der Waals surface area contributed by atoms with Crippen LogP contribution in [0.1, 0.15) is 74.2 Å². The summed E-state index contributed by atoms with van der Waals surface area (Å²) in [6.07, 6.45) is 0.829. The molecule has 0 bridgehead atoms. The van der Waals surface area contributed by atoms with E-state index in [2.05, 4.69) is 20.6 Å². The van der Waals surface area contributed by atoms with Crippen molar-refractivity contribution < 1.29 is 22.7 Å². The maximum Gasteiger partial charge on any atom is 0.408 e. The molecule has 4 rings (SSSR count). The van der Waals surface area contributed by atoms with Crippen LogP contribution in [0.25, 0.3) is 5.82 Å². The molecule has 2 heterocycles. The SMILES string of the molecule is CC(C)(C)OC(=O)NC1CCCc2c1nnn2-c1cc(Cc2cc(F)cc(C(F)F)c2)ccn1. The molecule has 7 nitrogen and oxygen atoms in total. The Balaban J connectivity index is 1.56. The van der Waals surface area contributed by atoms with Crippen molar-refractivity contribution in [2.75, 3.05) is 0 Å². The summed E-state index contributed by atoms with van der Waals surface area (Å²) in [7, 11) is 0. The molecule has 10 heteroatoms. The van der Waals surface area contributed by atoms with Gasteiger partial charge in [0.25, 0.3) is 6.43 Å². The van der Waals surface area contributed by atoms with Crippen LogP contribution in [0.2, 0.25) is 0 Å². The maximum absolute atomic E-state index is 13.8. The van der Waals surface area contributed by atoms with Crippen LogP contribution in [0.4, 0.5) is 18.0 Å². The molecule has 3 aromatic rings. The summed E-state index contributed by atoms with van der Waals surface area (Å²) in [4.78, 5) is 16.6. The second kappa shape index (κ2) is 9.44. The lowest BCUT2D eigenvalue weighted by molar-refractivity contribution is 0.0497. The summed E-state index contributed by atoms with van der Waals surface area (Å²) in [5.41, 5.74) is 1.74. The van der Waals surface area contributed by atoms with E-state index in [4.69, 9.17) is 4.74 Å². The summed E-state index contributed by atoms with van der Waals surface area (Å²) in [6, 6.07) is 6.58. The van der Waals surface area contributed by atoms with Crippen molar-refractivity contribution in [1.82, 2.24) is 25.3 Å². The highest BCUT2D eigenvalue weighted by Crippen LogP contribution is 2.30. The van der Waals surface area contributed by atoms with E-state index in [1.807, 2.05) is 0 Å². The van der Waals surface area contributed by atoms with Gasteiger partial charge in [0, 0.05) is 11.8 Å². The van der Waals surface area contributed by atoms with Crippen LogP contribution in [-0.4, -0.2) is 31.7 Å². The first-order chi connectivity index (χ1) is 16.1. The van der Waals surface area contributed by atoms with Gasteiger partial charge in [0.05, 0.1) is 11.7 Å². The zero-order valence-corrected chi connectivity index (χ0v) is 19.2. The van der Waals surface area contributed by atoms with Gasteiger partial charge in [0.15, 0.2) is 5.82 Å². The van der Waals surface area contributed by atoms with E-state index in [0.29, 0.717) is 29.9 Å². The lowest BCUT2D eigenvalue weighted by Crippen LogP contribution is -2.36. The molecule has 1 aliphatic rings. The minimum Gasteiger partial charge on any atom is -0.444 e. The Kier molecular flexibility index (Phi) is 6.58. The van der Waals surface area contributed by atoms with Crippen molar-refractivity contribution in [1.29, 1.82) is 0 Å². The van der Waals surface area contributed by atoms with Gasteiger partial charge in [-0.25, -0.2) is 22.9 Å². The molecule has 180 valence electrons. The third-order valence-corrected chi connectivity index (χ3v) is 5.39. The van der Waals surface area contributed by atoms with Gasteiger partial charge in [-0.2, -0.15) is 4.68 Å². The molecule has 0 aliphatic heterocycles. The second-order valence-corrected chi connectivity index (χ2v) is 9.32. The zero-order valence-electron chi connectivity index (χ0n) is 19.2. The fourth-order valence-electron chi connectivity index (χ4n) is 4.03. The van der Waals surface area contributed by atoms with E-state index in [1.165, 1.54) is 12.1 Å². The largest absolute Gasteiger partial charge is 0.444 e. The van der Waals surface area contributed by atoms with Gasteiger partial charge in [0.2, 0.25) is 0 Å². The Morgan fingerprint density at radius 2 is 2.03 bits per heavy atom. The van der Waals surface area contributed by atoms with Gasteiger partial charge in [-0.05, 0) is 87.9 Å². The van der Waals surface area contributed by atoms with Crippen LogP contribution in [0, 0.1) is 5.82 Å².